The Morgan fingerprint density at radius 3 is 2.34 bits per heavy atom. The molecule has 1 fully saturated rings. The number of hydrogen-bond acceptors (Lipinski definition) is 12. The number of hydrogen-bond donors (Lipinski definition) is 4. The Labute approximate surface area is 219 Å². The Morgan fingerprint density at radius 2 is 1.79 bits per heavy atom. The zero-order valence-electron chi connectivity index (χ0n) is 16.2. The minimum atomic E-state index is -5.07. The number of aliphatic hydroxyl groups is 4. The van der Waals surface area contributed by atoms with E-state index >= 15 is 0 Å². The number of unbranched alkanes of at least 4 members (excludes halogenated alkanes) is 3. The van der Waals surface area contributed by atoms with Crippen molar-refractivity contribution in [1.29, 1.82) is 0 Å². The third kappa shape index (κ3) is 12.2. The SMILES string of the molecule is CS(=O)CCCCCC/C(=N\OS(=O)(=O)[O-])S[C@@H]1O[C@H](CO)[C@@H](O)[C@H](O)[C@H]1O.[K+]. The Hall–Kier alpha value is 1.32. The van der Waals surface area contributed by atoms with Crippen molar-refractivity contribution in [2.75, 3.05) is 18.6 Å². The van der Waals surface area contributed by atoms with Crippen LogP contribution in [0.5, 0.6) is 0 Å². The molecule has 0 radical (unpaired) electrons. The van der Waals surface area contributed by atoms with Gasteiger partial charge in [0.2, 0.25) is 0 Å². The van der Waals surface area contributed by atoms with E-state index in [0.29, 0.717) is 12.2 Å². The summed E-state index contributed by atoms with van der Waals surface area (Å²) in [6.45, 7) is -0.612. The fourth-order valence-electron chi connectivity index (χ4n) is 2.45. The minimum absolute atomic E-state index is 0. The Morgan fingerprint density at radius 1 is 1.17 bits per heavy atom. The quantitative estimate of drug-likeness (QED) is 0.0406. The van der Waals surface area contributed by atoms with Crippen LogP contribution in [-0.4, -0.2) is 91.1 Å². The van der Waals surface area contributed by atoms with Gasteiger partial charge in [0, 0.05) is 22.8 Å². The fourth-order valence-corrected chi connectivity index (χ4v) is 4.40. The van der Waals surface area contributed by atoms with Gasteiger partial charge in [-0.15, -0.1) is 0 Å². The number of rotatable bonds is 11. The molecule has 0 aliphatic carbocycles. The molecule has 0 spiro atoms. The summed E-state index contributed by atoms with van der Waals surface area (Å²) in [5.41, 5.74) is -1.17. The molecule has 0 bridgehead atoms. The Kier molecular flexibility index (Phi) is 15.9. The third-order valence-electron chi connectivity index (χ3n) is 3.90. The van der Waals surface area contributed by atoms with Crippen LogP contribution in [0.15, 0.2) is 5.16 Å². The zero-order chi connectivity index (χ0) is 21.3. The Balaban J connectivity index is 0.00000784. The number of nitrogens with zero attached hydrogens (tertiary/aromatic N) is 1. The zero-order valence-corrected chi connectivity index (χ0v) is 21.8. The van der Waals surface area contributed by atoms with Crippen LogP contribution in [0.4, 0.5) is 0 Å². The first-order valence-electron chi connectivity index (χ1n) is 8.53. The average Bonchev–Trinajstić information content (AvgIpc) is 2.61. The molecule has 1 heterocycles. The first kappa shape index (κ1) is 30.3. The summed E-state index contributed by atoms with van der Waals surface area (Å²) in [5, 5.41) is 42.2. The van der Waals surface area contributed by atoms with Crippen molar-refractivity contribution >= 4 is 38.0 Å². The van der Waals surface area contributed by atoms with Gasteiger partial charge in [0.1, 0.15) is 34.9 Å². The van der Waals surface area contributed by atoms with Gasteiger partial charge < -0.3 is 29.7 Å². The molecule has 166 valence electrons. The molecule has 0 aromatic heterocycles. The molecule has 11 nitrogen and oxygen atoms in total. The summed E-state index contributed by atoms with van der Waals surface area (Å²) in [6, 6.07) is 0. The second kappa shape index (κ2) is 15.2. The van der Waals surface area contributed by atoms with E-state index in [9.17, 15) is 37.6 Å². The number of aliphatic hydroxyl groups excluding tert-OH is 4. The van der Waals surface area contributed by atoms with E-state index in [1.165, 1.54) is 0 Å². The molecule has 29 heavy (non-hydrogen) atoms. The van der Waals surface area contributed by atoms with Crippen molar-refractivity contribution in [2.24, 2.45) is 5.16 Å². The summed E-state index contributed by atoms with van der Waals surface area (Å²) in [7, 11) is -5.95. The number of ether oxygens (including phenoxy) is 1. The molecule has 0 aromatic rings. The monoisotopic (exact) mass is 503 g/mol. The normalized spacial score (nSPS) is 29.2. The van der Waals surface area contributed by atoms with Crippen LogP contribution < -0.4 is 51.4 Å². The van der Waals surface area contributed by atoms with Crippen LogP contribution in [0.2, 0.25) is 0 Å². The average molecular weight is 504 g/mol. The molecule has 1 aliphatic heterocycles. The van der Waals surface area contributed by atoms with E-state index in [-0.39, 0.29) is 62.8 Å². The van der Waals surface area contributed by atoms with Crippen LogP contribution in [0.1, 0.15) is 32.1 Å². The van der Waals surface area contributed by atoms with Gasteiger partial charge in [-0.1, -0.05) is 29.8 Å². The van der Waals surface area contributed by atoms with Gasteiger partial charge in [-0.25, -0.2) is 0 Å². The summed E-state index contributed by atoms with van der Waals surface area (Å²) < 4.78 is 52.2. The van der Waals surface area contributed by atoms with E-state index in [2.05, 4.69) is 9.44 Å². The van der Waals surface area contributed by atoms with Crippen molar-refractivity contribution < 1.29 is 98.0 Å². The Bertz CT molecular complexity index is 633. The van der Waals surface area contributed by atoms with Crippen LogP contribution in [0, 0.1) is 0 Å². The maximum atomic E-state index is 11.0. The van der Waals surface area contributed by atoms with Crippen LogP contribution in [0.3, 0.4) is 0 Å². The predicted octanol–water partition coefficient (Wildman–Crippen LogP) is -4.36. The molecule has 15 heteroatoms. The van der Waals surface area contributed by atoms with Gasteiger partial charge in [-0.05, 0) is 19.3 Å². The van der Waals surface area contributed by atoms with Crippen molar-refractivity contribution in [1.82, 2.24) is 0 Å². The van der Waals surface area contributed by atoms with Crippen molar-refractivity contribution in [3.8, 4) is 0 Å². The summed E-state index contributed by atoms with van der Waals surface area (Å²) in [4.78, 5) is 0. The molecule has 0 saturated carbocycles. The molecular formula is C14H26KNO10S3. The standard InChI is InChI=1S/C14H27NO10S3.K/c1-27(20)7-5-3-2-4-6-10(15-25-28(21,22)23)26-14-13(19)12(18)11(17)9(8-16)24-14;/h9,11-14,16-19H,2-8H2,1H3,(H,21,22,23);/q;+1/p-1/b15-10+;/t9-,11-,12+,13-,14+,27?;/m1./s1. The van der Waals surface area contributed by atoms with E-state index in [4.69, 9.17) is 4.74 Å². The second-order valence-corrected chi connectivity index (χ2v) is 9.92. The largest absolute Gasteiger partial charge is 1.00 e. The van der Waals surface area contributed by atoms with Gasteiger partial charge in [-0.3, -0.25) is 8.49 Å². The van der Waals surface area contributed by atoms with E-state index < -0.39 is 57.7 Å². The van der Waals surface area contributed by atoms with Gasteiger partial charge in [-0.2, -0.15) is 8.42 Å². The van der Waals surface area contributed by atoms with Crippen LogP contribution in [-0.2, 0) is 30.2 Å². The molecule has 1 rings (SSSR count). The third-order valence-corrected chi connectivity index (χ3v) is 6.20. The molecule has 1 aliphatic rings. The van der Waals surface area contributed by atoms with Gasteiger partial charge >= 0.3 is 51.4 Å². The minimum Gasteiger partial charge on any atom is -0.714 e. The predicted molar refractivity (Wildman–Crippen MR) is 102 cm³/mol. The van der Waals surface area contributed by atoms with Crippen molar-refractivity contribution in [2.45, 2.75) is 62.0 Å². The molecule has 1 saturated heterocycles. The van der Waals surface area contributed by atoms with Crippen LogP contribution >= 0.6 is 11.8 Å². The molecular weight excluding hydrogens is 477 g/mol. The summed E-state index contributed by atoms with van der Waals surface area (Å²) in [5.74, 6) is 0.581. The van der Waals surface area contributed by atoms with Gasteiger partial charge in [0.25, 0.3) is 10.4 Å². The summed E-state index contributed by atoms with van der Waals surface area (Å²) in [6.07, 6.45) is -1.17. The molecule has 4 N–H and O–H groups in total. The first-order chi connectivity index (χ1) is 13.0. The van der Waals surface area contributed by atoms with E-state index in [1.807, 2.05) is 0 Å². The molecule has 1 unspecified atom stereocenters. The first-order valence-corrected chi connectivity index (χ1v) is 12.5. The maximum Gasteiger partial charge on any atom is 1.00 e. The van der Waals surface area contributed by atoms with Crippen LogP contribution in [0.25, 0.3) is 0 Å². The molecule has 0 aromatic carbocycles. The topological polar surface area (TPSA) is 186 Å². The summed E-state index contributed by atoms with van der Waals surface area (Å²) >= 11 is 0.727. The smallest absolute Gasteiger partial charge is 0.714 e. The molecule has 0 amide bonds. The van der Waals surface area contributed by atoms with Crippen molar-refractivity contribution in [3.05, 3.63) is 0 Å². The number of oxime groups is 1. The van der Waals surface area contributed by atoms with E-state index in [1.54, 1.807) is 6.26 Å². The fraction of sp³-hybridized carbons (Fsp3) is 0.929. The number of thioether (sulfide) groups is 1. The second-order valence-electron chi connectivity index (χ2n) is 6.22. The van der Waals surface area contributed by atoms with E-state index in [0.717, 1.165) is 31.0 Å². The maximum absolute atomic E-state index is 11.0. The molecule has 6 atom stereocenters. The van der Waals surface area contributed by atoms with Gasteiger partial charge in [0.15, 0.2) is 0 Å². The van der Waals surface area contributed by atoms with Gasteiger partial charge in [0.05, 0.1) is 6.61 Å². The van der Waals surface area contributed by atoms with Crippen molar-refractivity contribution in [3.63, 3.8) is 0 Å².